The summed E-state index contributed by atoms with van der Waals surface area (Å²) < 4.78 is 5.84. The van der Waals surface area contributed by atoms with Crippen molar-refractivity contribution in [3.8, 4) is 0 Å². The molecular weight excluding hydrogens is 214 g/mol. The minimum Gasteiger partial charge on any atom is -0.374 e. The van der Waals surface area contributed by atoms with Gasteiger partial charge in [-0.2, -0.15) is 0 Å². The summed E-state index contributed by atoms with van der Waals surface area (Å²) in [5, 5.41) is 0. The van der Waals surface area contributed by atoms with Gasteiger partial charge in [0.05, 0.1) is 12.7 Å². The predicted octanol–water partition coefficient (Wildman–Crippen LogP) is 0.765. The van der Waals surface area contributed by atoms with Crippen molar-refractivity contribution in [2.45, 2.75) is 45.4 Å². The van der Waals surface area contributed by atoms with Crippen LogP contribution < -0.4 is 5.73 Å². The summed E-state index contributed by atoms with van der Waals surface area (Å²) in [4.78, 5) is 4.86. The number of nitrogens with zero attached hydrogens (tertiary/aromatic N) is 2. The third-order valence-electron chi connectivity index (χ3n) is 3.73. The van der Waals surface area contributed by atoms with Gasteiger partial charge in [0.1, 0.15) is 0 Å². The molecule has 1 rings (SSSR count). The number of ether oxygens (including phenoxy) is 1. The van der Waals surface area contributed by atoms with E-state index in [4.69, 9.17) is 10.5 Å². The van der Waals surface area contributed by atoms with E-state index in [1.54, 1.807) is 0 Å². The molecule has 0 saturated carbocycles. The van der Waals surface area contributed by atoms with E-state index in [2.05, 4.69) is 37.6 Å². The van der Waals surface area contributed by atoms with Gasteiger partial charge in [0.2, 0.25) is 0 Å². The lowest BCUT2D eigenvalue weighted by atomic mass is 10.1. The Kier molecular flexibility index (Phi) is 6.41. The third kappa shape index (κ3) is 4.92. The molecule has 1 aliphatic rings. The Labute approximate surface area is 106 Å². The Hall–Kier alpha value is -0.160. The average Bonchev–Trinajstić information content (AvgIpc) is 2.29. The van der Waals surface area contributed by atoms with E-state index in [9.17, 15) is 0 Å². The molecule has 0 spiro atoms. The molecule has 0 amide bonds. The molecule has 1 heterocycles. The highest BCUT2D eigenvalue weighted by Crippen LogP contribution is 2.11. The second-order valence-corrected chi connectivity index (χ2v) is 5.45. The minimum absolute atomic E-state index is 0.344. The van der Waals surface area contributed by atoms with E-state index >= 15 is 0 Å². The molecule has 0 aromatic heterocycles. The largest absolute Gasteiger partial charge is 0.374 e. The summed E-state index contributed by atoms with van der Waals surface area (Å²) in [6.45, 7) is 11.5. The van der Waals surface area contributed by atoms with Crippen molar-refractivity contribution in [3.63, 3.8) is 0 Å². The van der Waals surface area contributed by atoms with Crippen LogP contribution in [-0.2, 0) is 4.74 Å². The van der Waals surface area contributed by atoms with Gasteiger partial charge in [-0.3, -0.25) is 4.90 Å². The van der Waals surface area contributed by atoms with E-state index in [1.807, 2.05) is 0 Å². The van der Waals surface area contributed by atoms with Crippen molar-refractivity contribution < 1.29 is 4.74 Å². The summed E-state index contributed by atoms with van der Waals surface area (Å²) in [7, 11) is 2.16. The SMILES string of the molecule is CC(CCN)N(C)CC1CN(C(C)C)CCO1. The molecule has 1 fully saturated rings. The zero-order valence-electron chi connectivity index (χ0n) is 11.9. The summed E-state index contributed by atoms with van der Waals surface area (Å²) >= 11 is 0. The number of hydrogen-bond acceptors (Lipinski definition) is 4. The zero-order valence-corrected chi connectivity index (χ0v) is 11.9. The lowest BCUT2D eigenvalue weighted by Crippen LogP contribution is -2.50. The quantitative estimate of drug-likeness (QED) is 0.748. The molecule has 2 atom stereocenters. The van der Waals surface area contributed by atoms with Crippen LogP contribution in [0.3, 0.4) is 0 Å². The molecule has 4 heteroatoms. The highest BCUT2D eigenvalue weighted by atomic mass is 16.5. The van der Waals surface area contributed by atoms with Crippen LogP contribution in [0.2, 0.25) is 0 Å². The molecule has 0 aliphatic carbocycles. The molecule has 2 unspecified atom stereocenters. The number of likely N-dealkylation sites (N-methyl/N-ethyl adjacent to an activating group) is 1. The fraction of sp³-hybridized carbons (Fsp3) is 1.00. The van der Waals surface area contributed by atoms with Crippen LogP contribution in [0.25, 0.3) is 0 Å². The summed E-state index contributed by atoms with van der Waals surface area (Å²) in [6, 6.07) is 1.16. The van der Waals surface area contributed by atoms with Crippen molar-refractivity contribution in [1.29, 1.82) is 0 Å². The van der Waals surface area contributed by atoms with Gasteiger partial charge in [-0.15, -0.1) is 0 Å². The first-order chi connectivity index (χ1) is 8.04. The normalized spacial score (nSPS) is 24.5. The third-order valence-corrected chi connectivity index (χ3v) is 3.73. The highest BCUT2D eigenvalue weighted by molar-refractivity contribution is 4.77. The zero-order chi connectivity index (χ0) is 12.8. The van der Waals surface area contributed by atoms with Crippen molar-refractivity contribution in [2.75, 3.05) is 39.8 Å². The van der Waals surface area contributed by atoms with Crippen molar-refractivity contribution in [1.82, 2.24) is 9.80 Å². The van der Waals surface area contributed by atoms with Crippen molar-refractivity contribution in [2.24, 2.45) is 5.73 Å². The Morgan fingerprint density at radius 3 is 2.71 bits per heavy atom. The molecule has 1 saturated heterocycles. The fourth-order valence-corrected chi connectivity index (χ4v) is 2.28. The standard InChI is InChI=1S/C13H29N3O/c1-11(2)16-7-8-17-13(10-16)9-15(4)12(3)5-6-14/h11-13H,5-10,14H2,1-4H3. The maximum absolute atomic E-state index is 5.84. The van der Waals surface area contributed by atoms with Gasteiger partial charge >= 0.3 is 0 Å². The molecule has 2 N–H and O–H groups in total. The summed E-state index contributed by atoms with van der Waals surface area (Å²) in [5.74, 6) is 0. The van der Waals surface area contributed by atoms with E-state index in [0.717, 1.165) is 39.2 Å². The van der Waals surface area contributed by atoms with Gasteiger partial charge in [0, 0.05) is 31.7 Å². The van der Waals surface area contributed by atoms with E-state index in [-0.39, 0.29) is 0 Å². The van der Waals surface area contributed by atoms with Gasteiger partial charge in [-0.05, 0) is 40.8 Å². The molecule has 1 aliphatic heterocycles. The lowest BCUT2D eigenvalue weighted by molar-refractivity contribution is -0.0530. The van der Waals surface area contributed by atoms with E-state index < -0.39 is 0 Å². The van der Waals surface area contributed by atoms with Crippen LogP contribution in [-0.4, -0.2) is 67.8 Å². The highest BCUT2D eigenvalue weighted by Gasteiger charge is 2.24. The first-order valence-electron chi connectivity index (χ1n) is 6.80. The Morgan fingerprint density at radius 2 is 2.12 bits per heavy atom. The number of hydrogen-bond donors (Lipinski definition) is 1. The Morgan fingerprint density at radius 1 is 1.41 bits per heavy atom. The minimum atomic E-state index is 0.344. The van der Waals surface area contributed by atoms with Crippen LogP contribution in [0.5, 0.6) is 0 Å². The molecule has 0 radical (unpaired) electrons. The van der Waals surface area contributed by atoms with Crippen LogP contribution in [0, 0.1) is 0 Å². The number of morpholine rings is 1. The molecule has 102 valence electrons. The average molecular weight is 243 g/mol. The monoisotopic (exact) mass is 243 g/mol. The van der Waals surface area contributed by atoms with Crippen molar-refractivity contribution >= 4 is 0 Å². The van der Waals surface area contributed by atoms with Crippen LogP contribution >= 0.6 is 0 Å². The van der Waals surface area contributed by atoms with Crippen LogP contribution in [0.15, 0.2) is 0 Å². The maximum Gasteiger partial charge on any atom is 0.0829 e. The second kappa shape index (κ2) is 7.31. The predicted molar refractivity (Wildman–Crippen MR) is 72.2 cm³/mol. The topological polar surface area (TPSA) is 41.7 Å². The van der Waals surface area contributed by atoms with Crippen LogP contribution in [0.4, 0.5) is 0 Å². The summed E-state index contributed by atoms with van der Waals surface area (Å²) in [6.07, 6.45) is 1.40. The van der Waals surface area contributed by atoms with E-state index in [0.29, 0.717) is 18.2 Å². The van der Waals surface area contributed by atoms with Crippen LogP contribution in [0.1, 0.15) is 27.2 Å². The summed E-state index contributed by atoms with van der Waals surface area (Å²) in [5.41, 5.74) is 5.60. The van der Waals surface area contributed by atoms with Gasteiger partial charge in [0.15, 0.2) is 0 Å². The first kappa shape index (κ1) is 14.9. The van der Waals surface area contributed by atoms with Gasteiger partial charge < -0.3 is 15.4 Å². The molecule has 0 aromatic rings. The fourth-order valence-electron chi connectivity index (χ4n) is 2.28. The van der Waals surface area contributed by atoms with Gasteiger partial charge in [-0.25, -0.2) is 0 Å². The smallest absolute Gasteiger partial charge is 0.0829 e. The second-order valence-electron chi connectivity index (χ2n) is 5.45. The van der Waals surface area contributed by atoms with Gasteiger partial charge in [-0.1, -0.05) is 0 Å². The Balaban J connectivity index is 2.35. The number of nitrogens with two attached hydrogens (primary N) is 1. The van der Waals surface area contributed by atoms with Gasteiger partial charge in [0.25, 0.3) is 0 Å². The molecule has 17 heavy (non-hydrogen) atoms. The Bertz CT molecular complexity index is 211. The molecule has 0 aromatic carbocycles. The lowest BCUT2D eigenvalue weighted by Gasteiger charge is -2.38. The van der Waals surface area contributed by atoms with Crippen molar-refractivity contribution in [3.05, 3.63) is 0 Å². The number of rotatable bonds is 6. The van der Waals surface area contributed by atoms with E-state index in [1.165, 1.54) is 0 Å². The molecular formula is C13H29N3O. The maximum atomic E-state index is 5.84. The molecule has 0 bridgehead atoms. The first-order valence-corrected chi connectivity index (χ1v) is 6.80. The molecule has 4 nitrogen and oxygen atoms in total.